The predicted octanol–water partition coefficient (Wildman–Crippen LogP) is 12.8. The minimum Gasteiger partial charge on any atom is -0.493 e. The predicted molar refractivity (Wildman–Crippen MR) is 293 cm³/mol. The van der Waals surface area contributed by atoms with E-state index in [-0.39, 0.29) is 29.5 Å². The number of hydrogen-bond donors (Lipinski definition) is 3. The van der Waals surface area contributed by atoms with Crippen LogP contribution in [0.15, 0.2) is 79.0 Å². The van der Waals surface area contributed by atoms with Gasteiger partial charge in [-0.15, -0.1) is 0 Å². The van der Waals surface area contributed by atoms with Crippen LogP contribution < -0.4 is 10.5 Å². The Bertz CT molecular complexity index is 2690. The minimum absolute atomic E-state index is 0.0171. The highest BCUT2D eigenvalue weighted by Gasteiger charge is 2.38. The van der Waals surface area contributed by atoms with Crippen molar-refractivity contribution in [3.63, 3.8) is 0 Å². The number of nitrogens with zero attached hydrogens (tertiary/aromatic N) is 4. The Labute approximate surface area is 430 Å². The van der Waals surface area contributed by atoms with E-state index < -0.39 is 6.04 Å². The van der Waals surface area contributed by atoms with Gasteiger partial charge in [-0.2, -0.15) is 0 Å². The standard InChI is InChI=1S/C62H83N7O3/c1-9-42-33-52(65-59(42)54-19-15-28-69(54)61(70)58(63)39(2)3)46-22-24-51-48-31-47-30-45(21-23-50(47)41(5)49(32-48)38-71-57(51)34-46)53-35-64-60(66-53)55-20-14-27-68(55)36-56(44-16-11-10-12-17-44)67-26-13-18-43(25-29-67)40(4)37-72-62(6,7)8/h10-12,16-17,21-24,30-31,33-35,39-41,43,49,54-56,58,65H,9,13-15,18-20,25-29,32,36-38,63H2,1-8H3,(H,64,66). The van der Waals surface area contributed by atoms with Gasteiger partial charge in [-0.3, -0.25) is 14.6 Å². The van der Waals surface area contributed by atoms with Crippen LogP contribution in [0.3, 0.4) is 0 Å². The number of hydrogen-bond acceptors (Lipinski definition) is 7. The lowest BCUT2D eigenvalue weighted by Crippen LogP contribution is -2.46. The Hall–Kier alpha value is -5.00. The number of carbonyl (C=O) groups is 1. The van der Waals surface area contributed by atoms with Crippen molar-refractivity contribution >= 4 is 17.6 Å². The maximum Gasteiger partial charge on any atom is 0.240 e. The van der Waals surface area contributed by atoms with Gasteiger partial charge in [0, 0.05) is 53.1 Å². The molecule has 5 aromatic rings. The molecule has 1 aliphatic carbocycles. The number of rotatable bonds is 14. The molecule has 2 bridgehead atoms. The highest BCUT2D eigenvalue weighted by molar-refractivity contribution is 5.88. The van der Waals surface area contributed by atoms with Gasteiger partial charge >= 0.3 is 0 Å². The first-order chi connectivity index (χ1) is 34.7. The number of fused-ring (bicyclic) bond motifs is 5. The zero-order chi connectivity index (χ0) is 50.3. The van der Waals surface area contributed by atoms with Crippen LogP contribution in [0, 0.1) is 23.7 Å². The van der Waals surface area contributed by atoms with Crippen molar-refractivity contribution in [2.24, 2.45) is 29.4 Å². The number of aromatic nitrogens is 3. The molecule has 8 atom stereocenters. The Morgan fingerprint density at radius 1 is 0.875 bits per heavy atom. The molecule has 0 radical (unpaired) electrons. The van der Waals surface area contributed by atoms with Crippen LogP contribution in [-0.4, -0.2) is 93.1 Å². The highest BCUT2D eigenvalue weighted by atomic mass is 16.5. The van der Waals surface area contributed by atoms with Crippen molar-refractivity contribution in [2.75, 3.05) is 45.9 Å². The van der Waals surface area contributed by atoms with Gasteiger partial charge in [-0.1, -0.05) is 95.3 Å². The fourth-order valence-corrected chi connectivity index (χ4v) is 12.8. The molecular weight excluding hydrogens is 891 g/mol. The second kappa shape index (κ2) is 21.5. The van der Waals surface area contributed by atoms with Crippen molar-refractivity contribution in [1.29, 1.82) is 0 Å². The van der Waals surface area contributed by atoms with E-state index in [1.165, 1.54) is 64.6 Å². The molecule has 3 aromatic carbocycles. The molecule has 72 heavy (non-hydrogen) atoms. The number of likely N-dealkylation sites (tertiary alicyclic amines) is 3. The van der Waals surface area contributed by atoms with Crippen LogP contribution in [-0.2, 0) is 16.0 Å². The lowest BCUT2D eigenvalue weighted by Gasteiger charge is -2.36. The van der Waals surface area contributed by atoms with Crippen molar-refractivity contribution in [3.05, 3.63) is 118 Å². The Morgan fingerprint density at radius 2 is 1.64 bits per heavy atom. The summed E-state index contributed by atoms with van der Waals surface area (Å²) < 4.78 is 13.0. The normalized spacial score (nSPS) is 24.2. The number of benzene rings is 3. The molecule has 2 aromatic heterocycles. The summed E-state index contributed by atoms with van der Waals surface area (Å²) in [6, 6.07) is 27.5. The molecule has 3 saturated heterocycles. The molecule has 1 amide bonds. The molecule has 4 N–H and O–H groups in total. The number of nitrogens with one attached hydrogen (secondary N) is 2. The fourth-order valence-electron chi connectivity index (χ4n) is 12.8. The number of carbonyl (C=O) groups excluding carboxylic acids is 1. The summed E-state index contributed by atoms with van der Waals surface area (Å²) >= 11 is 0. The van der Waals surface area contributed by atoms with Gasteiger partial charge in [0.2, 0.25) is 5.91 Å². The van der Waals surface area contributed by atoms with E-state index in [4.69, 9.17) is 20.2 Å². The fraction of sp³-hybridized carbons (Fsp3) is 0.548. The Balaban J connectivity index is 0.868. The molecule has 10 heteroatoms. The van der Waals surface area contributed by atoms with Crippen LogP contribution in [0.5, 0.6) is 5.75 Å². The summed E-state index contributed by atoms with van der Waals surface area (Å²) in [4.78, 5) is 33.9. The third-order valence-corrected chi connectivity index (χ3v) is 17.4. The number of aryl methyl sites for hydroxylation is 1. The molecule has 0 spiro atoms. The third-order valence-electron chi connectivity index (χ3n) is 17.4. The van der Waals surface area contributed by atoms with Gasteiger partial charge in [0.1, 0.15) is 11.6 Å². The van der Waals surface area contributed by atoms with Crippen LogP contribution in [0.4, 0.5) is 0 Å². The first-order valence-electron chi connectivity index (χ1n) is 27.8. The zero-order valence-corrected chi connectivity index (χ0v) is 44.7. The van der Waals surface area contributed by atoms with Gasteiger partial charge in [-0.25, -0.2) is 4.98 Å². The summed E-state index contributed by atoms with van der Waals surface area (Å²) in [6.07, 6.45) is 14.3. The molecule has 0 saturated carbocycles. The van der Waals surface area contributed by atoms with Crippen molar-refractivity contribution in [3.8, 4) is 28.3 Å². The molecular formula is C62H83N7O3. The van der Waals surface area contributed by atoms with E-state index in [1.54, 1.807) is 0 Å². The monoisotopic (exact) mass is 974 g/mol. The van der Waals surface area contributed by atoms with E-state index in [0.717, 1.165) is 106 Å². The van der Waals surface area contributed by atoms with E-state index in [9.17, 15) is 4.79 Å². The van der Waals surface area contributed by atoms with E-state index in [1.807, 2.05) is 18.7 Å². The molecule has 3 fully saturated rings. The van der Waals surface area contributed by atoms with Crippen LogP contribution in [0.2, 0.25) is 0 Å². The third kappa shape index (κ3) is 10.7. The molecule has 5 aliphatic rings. The van der Waals surface area contributed by atoms with Crippen molar-refractivity contribution < 1.29 is 14.3 Å². The van der Waals surface area contributed by atoms with E-state index in [2.05, 4.69) is 146 Å². The zero-order valence-electron chi connectivity index (χ0n) is 44.7. The number of ether oxygens (including phenoxy) is 2. The Kier molecular flexibility index (Phi) is 15.1. The average Bonchev–Trinajstić information content (AvgIpc) is 4.18. The summed E-state index contributed by atoms with van der Waals surface area (Å²) in [6.45, 7) is 24.1. The largest absolute Gasteiger partial charge is 0.493 e. The van der Waals surface area contributed by atoms with Gasteiger partial charge < -0.3 is 30.1 Å². The number of aromatic amines is 2. The molecule has 4 aliphatic heterocycles. The summed E-state index contributed by atoms with van der Waals surface area (Å²) in [7, 11) is 0. The molecule has 10 nitrogen and oxygen atoms in total. The van der Waals surface area contributed by atoms with Gasteiger partial charge in [0.25, 0.3) is 0 Å². The lowest BCUT2D eigenvalue weighted by atomic mass is 9.84. The van der Waals surface area contributed by atoms with Crippen molar-refractivity contribution in [1.82, 2.24) is 29.7 Å². The number of imidazole rings is 1. The van der Waals surface area contributed by atoms with Gasteiger partial charge in [0.05, 0.1) is 48.8 Å². The second-order valence-electron chi connectivity index (χ2n) is 23.6. The minimum atomic E-state index is -0.486. The SMILES string of the molecule is CCc1cc(-c2ccc3c(c2)OCC2CC3=Cc3cc(-c4cnc(C5CCCN5CC(c5ccccc5)N5CCCC(C(C)COC(C)(C)C)CC5)[nH]4)ccc3C2C)[nH]c1C1CCCN1C(=O)C(N)C(C)C. The van der Waals surface area contributed by atoms with E-state index >= 15 is 0 Å². The topological polar surface area (TPSA) is 116 Å². The molecule has 8 unspecified atom stereocenters. The first kappa shape index (κ1) is 50.5. The van der Waals surface area contributed by atoms with Crippen LogP contribution in [0.1, 0.15) is 170 Å². The number of nitrogens with two attached hydrogens (primary N) is 1. The van der Waals surface area contributed by atoms with Crippen molar-refractivity contribution in [2.45, 2.75) is 149 Å². The molecule has 10 rings (SSSR count). The Morgan fingerprint density at radius 3 is 2.43 bits per heavy atom. The van der Waals surface area contributed by atoms with Gasteiger partial charge in [0.15, 0.2) is 0 Å². The number of allylic oxidation sites excluding steroid dienone is 1. The summed E-state index contributed by atoms with van der Waals surface area (Å²) in [5.74, 6) is 4.11. The average molecular weight is 974 g/mol. The van der Waals surface area contributed by atoms with Crippen LogP contribution in [0.25, 0.3) is 34.2 Å². The summed E-state index contributed by atoms with van der Waals surface area (Å²) in [5, 5.41) is 0. The van der Waals surface area contributed by atoms with Crippen LogP contribution >= 0.6 is 0 Å². The highest BCUT2D eigenvalue weighted by Crippen LogP contribution is 2.47. The second-order valence-corrected chi connectivity index (χ2v) is 23.6. The smallest absolute Gasteiger partial charge is 0.240 e. The van der Waals surface area contributed by atoms with E-state index in [0.29, 0.717) is 36.3 Å². The maximum atomic E-state index is 13.5. The lowest BCUT2D eigenvalue weighted by molar-refractivity contribution is -0.134. The number of H-pyrrole nitrogens is 2. The maximum absolute atomic E-state index is 13.5. The van der Waals surface area contributed by atoms with Gasteiger partial charge in [-0.05, 0) is 168 Å². The number of amides is 1. The molecule has 6 heterocycles. The first-order valence-corrected chi connectivity index (χ1v) is 27.8. The quantitative estimate of drug-likeness (QED) is 0.101. The molecule has 384 valence electrons. The summed E-state index contributed by atoms with van der Waals surface area (Å²) in [5.41, 5.74) is 19.7.